The van der Waals surface area contributed by atoms with Gasteiger partial charge in [0.2, 0.25) is 0 Å². The maximum atomic E-state index is 11.7. The van der Waals surface area contributed by atoms with Gasteiger partial charge in [-0.1, -0.05) is 18.2 Å². The van der Waals surface area contributed by atoms with Crippen molar-refractivity contribution in [1.29, 1.82) is 0 Å². The summed E-state index contributed by atoms with van der Waals surface area (Å²) >= 11 is 0. The van der Waals surface area contributed by atoms with Crippen molar-refractivity contribution in [2.24, 2.45) is 5.73 Å². The van der Waals surface area contributed by atoms with Crippen molar-refractivity contribution in [3.05, 3.63) is 29.8 Å². The zero-order chi connectivity index (χ0) is 14.2. The molecule has 1 aromatic rings. The first kappa shape index (κ1) is 13.9. The maximum absolute atomic E-state index is 11.7. The minimum Gasteiger partial charge on any atom is -0.364 e. The predicted octanol–water partition coefficient (Wildman–Crippen LogP) is 1.35. The van der Waals surface area contributed by atoms with Crippen LogP contribution in [0.15, 0.2) is 24.3 Å². The smallest absolute Gasteiger partial charge is 0.150 e. The largest absolute Gasteiger partial charge is 0.364 e. The highest BCUT2D eigenvalue weighted by Gasteiger charge is 2.42. The second kappa shape index (κ2) is 5.04. The van der Waals surface area contributed by atoms with Gasteiger partial charge in [0, 0.05) is 18.8 Å². The van der Waals surface area contributed by atoms with E-state index < -0.39 is 9.84 Å². The van der Waals surface area contributed by atoms with Gasteiger partial charge in [-0.15, -0.1) is 0 Å². The molecule has 2 N–H and O–H groups in total. The number of anilines is 1. The molecule has 0 amide bonds. The molecule has 1 saturated heterocycles. The minimum atomic E-state index is -2.86. The van der Waals surface area contributed by atoms with E-state index in [4.69, 9.17) is 5.73 Å². The molecule has 0 aliphatic carbocycles. The van der Waals surface area contributed by atoms with Gasteiger partial charge < -0.3 is 10.6 Å². The number of nitrogens with zero attached hydrogens (tertiary/aromatic N) is 1. The first-order valence-electron chi connectivity index (χ1n) is 7.32. The van der Waals surface area contributed by atoms with E-state index in [1.165, 1.54) is 11.3 Å². The monoisotopic (exact) mass is 294 g/mol. The lowest BCUT2D eigenvalue weighted by Gasteiger charge is -2.49. The number of rotatable bonds is 2. The quantitative estimate of drug-likeness (QED) is 0.894. The van der Waals surface area contributed by atoms with Crippen LogP contribution in [0, 0.1) is 0 Å². The van der Waals surface area contributed by atoms with Gasteiger partial charge in [0.15, 0.2) is 9.84 Å². The summed E-state index contributed by atoms with van der Waals surface area (Å²) in [7, 11) is -2.86. The van der Waals surface area contributed by atoms with Gasteiger partial charge >= 0.3 is 0 Å². The Hall–Kier alpha value is -1.07. The van der Waals surface area contributed by atoms with Crippen LogP contribution in [0.4, 0.5) is 5.69 Å². The van der Waals surface area contributed by atoms with Gasteiger partial charge in [-0.3, -0.25) is 0 Å². The van der Waals surface area contributed by atoms with E-state index in [0.717, 1.165) is 19.4 Å². The third-order valence-corrected chi connectivity index (χ3v) is 6.47. The lowest BCUT2D eigenvalue weighted by Crippen LogP contribution is -2.59. The topological polar surface area (TPSA) is 63.4 Å². The fourth-order valence-electron chi connectivity index (χ4n) is 3.53. The predicted molar refractivity (Wildman–Crippen MR) is 81.8 cm³/mol. The van der Waals surface area contributed by atoms with E-state index in [1.807, 2.05) is 0 Å². The molecule has 0 spiro atoms. The fourth-order valence-corrected chi connectivity index (χ4v) is 5.11. The van der Waals surface area contributed by atoms with Crippen LogP contribution >= 0.6 is 0 Å². The highest BCUT2D eigenvalue weighted by Crippen LogP contribution is 2.38. The summed E-state index contributed by atoms with van der Waals surface area (Å²) in [6.07, 6.45) is 3.53. The second-order valence-corrected chi connectivity index (χ2v) is 8.27. The zero-order valence-electron chi connectivity index (χ0n) is 11.7. The molecule has 3 rings (SSSR count). The minimum absolute atomic E-state index is 0.179. The molecule has 0 radical (unpaired) electrons. The summed E-state index contributed by atoms with van der Waals surface area (Å²) in [4.78, 5) is 2.39. The molecular formula is C15H22N2O2S. The van der Waals surface area contributed by atoms with Crippen molar-refractivity contribution in [3.8, 4) is 0 Å². The van der Waals surface area contributed by atoms with Crippen LogP contribution in [-0.2, 0) is 16.3 Å². The molecule has 2 heterocycles. The Morgan fingerprint density at radius 1 is 1.20 bits per heavy atom. The second-order valence-electron chi connectivity index (χ2n) is 5.96. The standard InChI is InChI=1S/C15H22N2O2S/c16-12-15(7-10-20(18,19)11-8-15)17-9-3-5-13-4-1-2-6-14(13)17/h1-2,4,6H,3,5,7-12,16H2. The lowest BCUT2D eigenvalue weighted by atomic mass is 9.86. The van der Waals surface area contributed by atoms with E-state index in [2.05, 4.69) is 29.2 Å². The molecule has 1 aromatic carbocycles. The van der Waals surface area contributed by atoms with E-state index in [1.54, 1.807) is 0 Å². The molecule has 5 heteroatoms. The molecular weight excluding hydrogens is 272 g/mol. The summed E-state index contributed by atoms with van der Waals surface area (Å²) in [6, 6.07) is 8.45. The van der Waals surface area contributed by atoms with Crippen LogP contribution in [0.1, 0.15) is 24.8 Å². The fraction of sp³-hybridized carbons (Fsp3) is 0.600. The normalized spacial score (nSPS) is 24.1. The molecule has 0 bridgehead atoms. The molecule has 2 aliphatic heterocycles. The average Bonchev–Trinajstić information content (AvgIpc) is 2.48. The van der Waals surface area contributed by atoms with E-state index >= 15 is 0 Å². The van der Waals surface area contributed by atoms with Crippen LogP contribution in [0.3, 0.4) is 0 Å². The summed E-state index contributed by atoms with van der Waals surface area (Å²) < 4.78 is 23.4. The number of hydrogen-bond acceptors (Lipinski definition) is 4. The first-order chi connectivity index (χ1) is 9.56. The number of benzene rings is 1. The van der Waals surface area contributed by atoms with E-state index in [-0.39, 0.29) is 17.0 Å². The van der Waals surface area contributed by atoms with Crippen LogP contribution < -0.4 is 10.6 Å². The average molecular weight is 294 g/mol. The number of para-hydroxylation sites is 1. The van der Waals surface area contributed by atoms with Gasteiger partial charge in [0.1, 0.15) is 0 Å². The molecule has 20 heavy (non-hydrogen) atoms. The first-order valence-corrected chi connectivity index (χ1v) is 9.15. The van der Waals surface area contributed by atoms with Crippen molar-refractivity contribution < 1.29 is 8.42 Å². The summed E-state index contributed by atoms with van der Waals surface area (Å²) in [5, 5.41) is 0. The van der Waals surface area contributed by atoms with Gasteiger partial charge in [-0.2, -0.15) is 0 Å². The summed E-state index contributed by atoms with van der Waals surface area (Å²) in [5.74, 6) is 0.533. The summed E-state index contributed by atoms with van der Waals surface area (Å²) in [5.41, 5.74) is 8.51. The maximum Gasteiger partial charge on any atom is 0.150 e. The van der Waals surface area contributed by atoms with Gasteiger partial charge in [0.05, 0.1) is 17.0 Å². The number of nitrogens with two attached hydrogens (primary N) is 1. The molecule has 4 nitrogen and oxygen atoms in total. The van der Waals surface area contributed by atoms with Crippen molar-refractivity contribution in [2.45, 2.75) is 31.2 Å². The third-order valence-electron chi connectivity index (χ3n) is 4.82. The highest BCUT2D eigenvalue weighted by atomic mass is 32.2. The third kappa shape index (κ3) is 2.33. The van der Waals surface area contributed by atoms with E-state index in [9.17, 15) is 8.42 Å². The Balaban J connectivity index is 1.95. The Bertz CT molecular complexity index is 584. The number of fused-ring (bicyclic) bond motifs is 1. The molecule has 0 saturated carbocycles. The Kier molecular flexibility index (Phi) is 3.50. The van der Waals surface area contributed by atoms with Crippen LogP contribution in [0.2, 0.25) is 0 Å². The highest BCUT2D eigenvalue weighted by molar-refractivity contribution is 7.91. The van der Waals surface area contributed by atoms with Crippen molar-refractivity contribution in [3.63, 3.8) is 0 Å². The van der Waals surface area contributed by atoms with E-state index in [0.29, 0.717) is 19.4 Å². The molecule has 0 unspecified atom stereocenters. The van der Waals surface area contributed by atoms with Crippen molar-refractivity contribution >= 4 is 15.5 Å². The molecule has 110 valence electrons. The summed E-state index contributed by atoms with van der Waals surface area (Å²) in [6.45, 7) is 1.51. The number of sulfone groups is 1. The Morgan fingerprint density at radius 2 is 1.90 bits per heavy atom. The van der Waals surface area contributed by atoms with Gasteiger partial charge in [-0.25, -0.2) is 8.42 Å². The molecule has 2 aliphatic rings. The van der Waals surface area contributed by atoms with Crippen LogP contribution in [0.5, 0.6) is 0 Å². The van der Waals surface area contributed by atoms with Crippen LogP contribution in [-0.4, -0.2) is 38.6 Å². The SMILES string of the molecule is NCC1(N2CCCc3ccccc32)CCS(=O)(=O)CC1. The Labute approximate surface area is 120 Å². The van der Waals surface area contributed by atoms with Gasteiger partial charge in [0.25, 0.3) is 0 Å². The molecule has 0 aromatic heterocycles. The molecule has 1 fully saturated rings. The lowest BCUT2D eigenvalue weighted by molar-refractivity contribution is 0.349. The van der Waals surface area contributed by atoms with Crippen LogP contribution in [0.25, 0.3) is 0 Å². The van der Waals surface area contributed by atoms with Crippen molar-refractivity contribution in [2.75, 3.05) is 29.5 Å². The number of aryl methyl sites for hydroxylation is 1. The van der Waals surface area contributed by atoms with Crippen molar-refractivity contribution in [1.82, 2.24) is 0 Å². The van der Waals surface area contributed by atoms with Gasteiger partial charge in [-0.05, 0) is 37.3 Å². The zero-order valence-corrected chi connectivity index (χ0v) is 12.5. The number of hydrogen-bond donors (Lipinski definition) is 1. The molecule has 0 atom stereocenters. The Morgan fingerprint density at radius 3 is 2.60 bits per heavy atom.